The number of nitrogens with one attached hydrogen (secondary N) is 2. The molecule has 0 saturated heterocycles. The minimum Gasteiger partial charge on any atom is -0.478 e. The summed E-state index contributed by atoms with van der Waals surface area (Å²) in [4.78, 5) is 35.5. The van der Waals surface area contributed by atoms with Crippen molar-refractivity contribution in [3.8, 4) is 0 Å². The lowest BCUT2D eigenvalue weighted by Crippen LogP contribution is -2.24. The summed E-state index contributed by atoms with van der Waals surface area (Å²) in [5.41, 5.74) is 1.06. The number of hydrogen-bond acceptors (Lipinski definition) is 4. The van der Waals surface area contributed by atoms with Crippen LogP contribution in [0, 0.1) is 0 Å². The molecule has 2 amide bonds. The summed E-state index contributed by atoms with van der Waals surface area (Å²) in [6, 6.07) is 14.0. The number of thioether (sulfide) groups is 1. The molecule has 0 spiro atoms. The van der Waals surface area contributed by atoms with Crippen LogP contribution in [0.25, 0.3) is 0 Å². The Morgan fingerprint density at radius 2 is 1.86 bits per heavy atom. The molecular weight excluding hydrogens is 400 g/mol. The van der Waals surface area contributed by atoms with E-state index in [0.717, 1.165) is 17.0 Å². The number of para-hydroxylation sites is 1. The highest BCUT2D eigenvalue weighted by Crippen LogP contribution is 2.29. The Morgan fingerprint density at radius 1 is 1.11 bits per heavy atom. The topological polar surface area (TPSA) is 95.5 Å². The molecular formula is C20H19ClN2O4S. The zero-order chi connectivity index (χ0) is 20.5. The Bertz CT molecular complexity index is 901. The van der Waals surface area contributed by atoms with Crippen LogP contribution >= 0.6 is 23.4 Å². The van der Waals surface area contributed by atoms with Gasteiger partial charge in [-0.15, -0.1) is 11.8 Å². The summed E-state index contributed by atoms with van der Waals surface area (Å²) < 4.78 is 0. The van der Waals surface area contributed by atoms with Gasteiger partial charge in [-0.3, -0.25) is 9.59 Å². The Labute approximate surface area is 172 Å². The Kier molecular flexibility index (Phi) is 8.10. The smallest absolute Gasteiger partial charge is 0.328 e. The molecule has 146 valence electrons. The van der Waals surface area contributed by atoms with Crippen LogP contribution < -0.4 is 10.6 Å². The minimum atomic E-state index is -1.20. The molecule has 0 aliphatic carbocycles. The average molecular weight is 419 g/mol. The Hall–Kier alpha value is -2.77. The van der Waals surface area contributed by atoms with Crippen molar-refractivity contribution in [2.45, 2.75) is 23.5 Å². The van der Waals surface area contributed by atoms with Crippen molar-refractivity contribution >= 4 is 52.5 Å². The first-order chi connectivity index (χ1) is 13.4. The highest BCUT2D eigenvalue weighted by molar-refractivity contribution is 8.00. The minimum absolute atomic E-state index is 0.167. The summed E-state index contributed by atoms with van der Waals surface area (Å²) in [5.74, 6) is -1.91. The van der Waals surface area contributed by atoms with E-state index in [0.29, 0.717) is 22.8 Å². The monoisotopic (exact) mass is 418 g/mol. The van der Waals surface area contributed by atoms with Crippen molar-refractivity contribution in [2.75, 3.05) is 10.6 Å². The van der Waals surface area contributed by atoms with E-state index in [4.69, 9.17) is 16.7 Å². The second-order valence-electron chi connectivity index (χ2n) is 5.67. The summed E-state index contributed by atoms with van der Waals surface area (Å²) in [6.45, 7) is 1.91. The van der Waals surface area contributed by atoms with Gasteiger partial charge in [-0.2, -0.15) is 0 Å². The Morgan fingerprint density at radius 3 is 2.54 bits per heavy atom. The number of anilines is 2. The third kappa shape index (κ3) is 6.75. The predicted molar refractivity (Wildman–Crippen MR) is 112 cm³/mol. The van der Waals surface area contributed by atoms with E-state index in [1.165, 1.54) is 11.8 Å². The fraction of sp³-hybridized carbons (Fsp3) is 0.150. The largest absolute Gasteiger partial charge is 0.478 e. The number of hydrogen-bond donors (Lipinski definition) is 3. The first-order valence-corrected chi connectivity index (χ1v) is 9.69. The van der Waals surface area contributed by atoms with Crippen LogP contribution in [0.1, 0.15) is 13.3 Å². The average Bonchev–Trinajstić information content (AvgIpc) is 2.66. The third-order valence-corrected chi connectivity index (χ3v) is 5.24. The molecule has 28 heavy (non-hydrogen) atoms. The van der Waals surface area contributed by atoms with E-state index in [9.17, 15) is 14.4 Å². The van der Waals surface area contributed by atoms with Crippen molar-refractivity contribution in [3.63, 3.8) is 0 Å². The van der Waals surface area contributed by atoms with Gasteiger partial charge in [0.2, 0.25) is 11.8 Å². The van der Waals surface area contributed by atoms with Gasteiger partial charge in [0, 0.05) is 22.7 Å². The fourth-order valence-electron chi connectivity index (χ4n) is 2.24. The maximum atomic E-state index is 12.6. The highest BCUT2D eigenvalue weighted by atomic mass is 35.5. The van der Waals surface area contributed by atoms with Gasteiger partial charge < -0.3 is 15.7 Å². The van der Waals surface area contributed by atoms with Gasteiger partial charge in [0.05, 0.1) is 16.0 Å². The number of rotatable bonds is 8. The Balaban J connectivity index is 2.04. The van der Waals surface area contributed by atoms with Gasteiger partial charge in [0.1, 0.15) is 0 Å². The molecule has 6 nitrogen and oxygen atoms in total. The normalized spacial score (nSPS) is 11.8. The van der Waals surface area contributed by atoms with Gasteiger partial charge in [0.15, 0.2) is 0 Å². The second-order valence-corrected chi connectivity index (χ2v) is 7.36. The molecule has 0 aromatic heterocycles. The number of carboxylic acid groups (broad SMARTS) is 1. The van der Waals surface area contributed by atoms with Gasteiger partial charge in [-0.25, -0.2) is 4.79 Å². The van der Waals surface area contributed by atoms with Gasteiger partial charge >= 0.3 is 5.97 Å². The van der Waals surface area contributed by atoms with Crippen LogP contribution in [-0.4, -0.2) is 28.1 Å². The van der Waals surface area contributed by atoms with Gasteiger partial charge in [-0.1, -0.05) is 36.7 Å². The molecule has 2 rings (SSSR count). The summed E-state index contributed by atoms with van der Waals surface area (Å²) in [7, 11) is 0. The molecule has 3 N–H and O–H groups in total. The molecule has 0 saturated carbocycles. The number of aliphatic carboxylic acids is 1. The highest BCUT2D eigenvalue weighted by Gasteiger charge is 2.19. The van der Waals surface area contributed by atoms with Crippen LogP contribution in [0.3, 0.4) is 0 Å². The summed E-state index contributed by atoms with van der Waals surface area (Å²) in [6.07, 6.45) is 2.30. The first-order valence-electron chi connectivity index (χ1n) is 8.43. The van der Waals surface area contributed by atoms with E-state index in [1.54, 1.807) is 42.5 Å². The lowest BCUT2D eigenvalue weighted by molar-refractivity contribution is -0.131. The molecule has 0 aliphatic heterocycles. The van der Waals surface area contributed by atoms with Crippen LogP contribution in [0.4, 0.5) is 11.4 Å². The van der Waals surface area contributed by atoms with E-state index < -0.39 is 11.9 Å². The lowest BCUT2D eigenvalue weighted by Gasteiger charge is -2.16. The standard InChI is InChI=1S/C20H19ClN2O4S/c1-2-17(20(27)23-16-9-4-3-8-15(16)21)28-14-7-5-6-13(12-14)22-18(24)10-11-19(25)26/h3-12,17H,2H2,1H3,(H,22,24)(H,23,27)(H,25,26)/b11-10+. The predicted octanol–water partition coefficient (Wildman–Crippen LogP) is 4.43. The molecule has 1 atom stereocenters. The zero-order valence-electron chi connectivity index (χ0n) is 15.0. The number of carbonyl (C=O) groups is 3. The van der Waals surface area contributed by atoms with Gasteiger partial charge in [0.25, 0.3) is 0 Å². The molecule has 2 aromatic rings. The van der Waals surface area contributed by atoms with Crippen LogP contribution in [0.15, 0.2) is 65.6 Å². The number of amides is 2. The third-order valence-electron chi connectivity index (χ3n) is 3.55. The quantitative estimate of drug-likeness (QED) is 0.435. The molecule has 8 heteroatoms. The van der Waals surface area contributed by atoms with Crippen molar-refractivity contribution in [1.29, 1.82) is 0 Å². The molecule has 0 heterocycles. The van der Waals surface area contributed by atoms with Crippen molar-refractivity contribution in [2.24, 2.45) is 0 Å². The van der Waals surface area contributed by atoms with Crippen molar-refractivity contribution in [3.05, 3.63) is 65.7 Å². The van der Waals surface area contributed by atoms with Crippen molar-refractivity contribution < 1.29 is 19.5 Å². The number of benzene rings is 2. The molecule has 2 aromatic carbocycles. The maximum Gasteiger partial charge on any atom is 0.328 e. The number of halogens is 1. The van der Waals surface area contributed by atoms with Crippen molar-refractivity contribution in [1.82, 2.24) is 0 Å². The fourth-order valence-corrected chi connectivity index (χ4v) is 3.44. The second kappa shape index (κ2) is 10.5. The molecule has 0 bridgehead atoms. The number of carboxylic acids is 1. The summed E-state index contributed by atoms with van der Waals surface area (Å²) in [5, 5.41) is 14.1. The van der Waals surface area contributed by atoms with E-state index in [2.05, 4.69) is 10.6 Å². The SMILES string of the molecule is CCC(Sc1cccc(NC(=O)/C=C/C(=O)O)c1)C(=O)Nc1ccccc1Cl. The van der Waals surface area contributed by atoms with E-state index in [1.807, 2.05) is 13.0 Å². The molecule has 0 fully saturated rings. The maximum absolute atomic E-state index is 12.6. The van der Waals surface area contributed by atoms with Gasteiger partial charge in [-0.05, 0) is 36.8 Å². The van der Waals surface area contributed by atoms with Crippen LogP contribution in [0.5, 0.6) is 0 Å². The van der Waals surface area contributed by atoms with Crippen LogP contribution in [0.2, 0.25) is 5.02 Å². The van der Waals surface area contributed by atoms with Crippen LogP contribution in [-0.2, 0) is 14.4 Å². The van der Waals surface area contributed by atoms with E-state index >= 15 is 0 Å². The summed E-state index contributed by atoms with van der Waals surface area (Å²) >= 11 is 7.45. The molecule has 0 radical (unpaired) electrons. The number of carbonyl (C=O) groups excluding carboxylic acids is 2. The lowest BCUT2D eigenvalue weighted by atomic mass is 10.2. The molecule has 0 aliphatic rings. The first kappa shape index (κ1) is 21.5. The van der Waals surface area contributed by atoms with E-state index in [-0.39, 0.29) is 11.2 Å². The molecule has 1 unspecified atom stereocenters. The zero-order valence-corrected chi connectivity index (χ0v) is 16.6.